The van der Waals surface area contributed by atoms with Gasteiger partial charge >= 0.3 is 0 Å². The van der Waals surface area contributed by atoms with Gasteiger partial charge in [-0.15, -0.1) is 0 Å². The molecule has 0 aliphatic carbocycles. The number of hydrogen-bond donors (Lipinski definition) is 2. The number of carbonyl (C=O) groups is 1. The Balaban J connectivity index is 1.47. The zero-order chi connectivity index (χ0) is 24.3. The van der Waals surface area contributed by atoms with Crippen molar-refractivity contribution in [2.45, 2.75) is 103 Å². The van der Waals surface area contributed by atoms with Crippen molar-refractivity contribution >= 4 is 23.5 Å². The van der Waals surface area contributed by atoms with Gasteiger partial charge in [0.1, 0.15) is 5.75 Å². The van der Waals surface area contributed by atoms with Gasteiger partial charge in [0.2, 0.25) is 0 Å². The van der Waals surface area contributed by atoms with Crippen molar-refractivity contribution in [3.63, 3.8) is 0 Å². The lowest BCUT2D eigenvalue weighted by Gasteiger charge is -2.05. The molecule has 0 atom stereocenters. The maximum absolute atomic E-state index is 12.3. The quantitative estimate of drug-likeness (QED) is 0.131. The number of amides is 1. The van der Waals surface area contributed by atoms with E-state index < -0.39 is 0 Å². The molecule has 0 radical (unpaired) electrons. The Bertz CT molecular complexity index is 813. The Hall–Kier alpha value is -2.62. The molecule has 34 heavy (non-hydrogen) atoms. The van der Waals surface area contributed by atoms with E-state index in [0.717, 1.165) is 12.1 Å². The largest absolute Gasteiger partial charge is 0.508 e. The van der Waals surface area contributed by atoms with Crippen LogP contribution in [-0.2, 0) is 0 Å². The van der Waals surface area contributed by atoms with Crippen LogP contribution in [0.15, 0.2) is 53.5 Å². The van der Waals surface area contributed by atoms with Crippen LogP contribution in [0.25, 0.3) is 0 Å². The number of phenols is 1. The van der Waals surface area contributed by atoms with Gasteiger partial charge in [-0.05, 0) is 61.4 Å². The second-order valence-corrected chi connectivity index (χ2v) is 9.24. The lowest BCUT2D eigenvalue weighted by Crippen LogP contribution is -2.11. The first kappa shape index (κ1) is 27.6. The Kier molecular flexibility index (Phi) is 14.5. The minimum Gasteiger partial charge on any atom is -0.508 e. The zero-order valence-electron chi connectivity index (χ0n) is 21.1. The molecule has 186 valence electrons. The summed E-state index contributed by atoms with van der Waals surface area (Å²) in [5.74, 6) is -0.00192. The molecule has 0 unspecified atom stereocenters. The number of aromatic hydroxyl groups is 1. The minimum absolute atomic E-state index is 0.175. The van der Waals surface area contributed by atoms with Gasteiger partial charge in [-0.3, -0.25) is 9.79 Å². The fourth-order valence-corrected chi connectivity index (χ4v) is 4.05. The number of benzene rings is 2. The van der Waals surface area contributed by atoms with Crippen LogP contribution in [-0.4, -0.2) is 17.2 Å². The van der Waals surface area contributed by atoms with Crippen molar-refractivity contribution in [1.29, 1.82) is 0 Å². The van der Waals surface area contributed by atoms with E-state index in [1.807, 2.05) is 18.3 Å². The molecule has 2 rings (SSSR count). The van der Waals surface area contributed by atoms with E-state index >= 15 is 0 Å². The number of hydrogen-bond acceptors (Lipinski definition) is 3. The van der Waals surface area contributed by atoms with E-state index in [4.69, 9.17) is 0 Å². The molecule has 4 nitrogen and oxygen atoms in total. The maximum Gasteiger partial charge on any atom is 0.255 e. The highest BCUT2D eigenvalue weighted by molar-refractivity contribution is 6.04. The SMILES string of the molecule is CCCCCCCCCCCCCCCCC=Nc1ccc(C(=O)Nc2ccc(O)cc2)cc1. The first-order chi connectivity index (χ1) is 16.7. The summed E-state index contributed by atoms with van der Waals surface area (Å²) in [7, 11) is 0. The second-order valence-electron chi connectivity index (χ2n) is 9.24. The molecular formula is C30H44N2O2. The number of carbonyl (C=O) groups excluding carboxylic acids is 1. The van der Waals surface area contributed by atoms with Crippen molar-refractivity contribution in [3.8, 4) is 5.75 Å². The van der Waals surface area contributed by atoms with Crippen molar-refractivity contribution in [2.75, 3.05) is 5.32 Å². The fraction of sp³-hybridized carbons (Fsp3) is 0.533. The summed E-state index contributed by atoms with van der Waals surface area (Å²) in [6.45, 7) is 2.28. The van der Waals surface area contributed by atoms with Crippen molar-refractivity contribution < 1.29 is 9.90 Å². The first-order valence-corrected chi connectivity index (χ1v) is 13.4. The molecular weight excluding hydrogens is 420 g/mol. The standard InChI is InChI=1S/C30H44N2O2/c1-2-3-4-5-6-7-8-9-10-11-12-13-14-15-16-25-31-27-19-17-26(18-20-27)30(34)32-28-21-23-29(33)24-22-28/h17-25,33H,2-16H2,1H3,(H,32,34). The second kappa shape index (κ2) is 17.8. The van der Waals surface area contributed by atoms with Crippen LogP contribution in [0.4, 0.5) is 11.4 Å². The average Bonchev–Trinajstić information content (AvgIpc) is 2.85. The highest BCUT2D eigenvalue weighted by Crippen LogP contribution is 2.17. The van der Waals surface area contributed by atoms with Crippen LogP contribution in [0.2, 0.25) is 0 Å². The number of phenolic OH excluding ortho intramolecular Hbond substituents is 1. The van der Waals surface area contributed by atoms with E-state index in [9.17, 15) is 9.90 Å². The predicted molar refractivity (Wildman–Crippen MR) is 146 cm³/mol. The number of nitrogens with zero attached hydrogens (tertiary/aromatic N) is 1. The molecule has 2 aromatic rings. The summed E-state index contributed by atoms with van der Waals surface area (Å²) in [6, 6.07) is 13.7. The molecule has 0 fully saturated rings. The van der Waals surface area contributed by atoms with Gasteiger partial charge < -0.3 is 10.4 Å². The van der Waals surface area contributed by atoms with E-state index in [-0.39, 0.29) is 11.7 Å². The Morgan fingerprint density at radius 1 is 0.735 bits per heavy atom. The number of unbranched alkanes of at least 4 members (excludes halogenated alkanes) is 14. The van der Waals surface area contributed by atoms with Crippen LogP contribution >= 0.6 is 0 Å². The van der Waals surface area contributed by atoms with Gasteiger partial charge in [0.15, 0.2) is 0 Å². The van der Waals surface area contributed by atoms with Gasteiger partial charge in [-0.2, -0.15) is 0 Å². The Morgan fingerprint density at radius 2 is 1.24 bits per heavy atom. The van der Waals surface area contributed by atoms with E-state index in [0.29, 0.717) is 11.3 Å². The average molecular weight is 465 g/mol. The maximum atomic E-state index is 12.3. The van der Waals surface area contributed by atoms with Gasteiger partial charge in [0, 0.05) is 17.5 Å². The lowest BCUT2D eigenvalue weighted by molar-refractivity contribution is 0.102. The molecule has 0 aliphatic rings. The first-order valence-electron chi connectivity index (χ1n) is 13.4. The normalized spacial score (nSPS) is 11.2. The minimum atomic E-state index is -0.177. The summed E-state index contributed by atoms with van der Waals surface area (Å²) in [5.41, 5.74) is 2.10. The summed E-state index contributed by atoms with van der Waals surface area (Å²) >= 11 is 0. The molecule has 0 saturated carbocycles. The zero-order valence-corrected chi connectivity index (χ0v) is 21.1. The monoisotopic (exact) mass is 464 g/mol. The Morgan fingerprint density at radius 3 is 1.76 bits per heavy atom. The molecule has 0 heterocycles. The Labute approximate surface area is 206 Å². The fourth-order valence-electron chi connectivity index (χ4n) is 4.05. The summed E-state index contributed by atoms with van der Waals surface area (Å²) in [6.07, 6.45) is 22.2. The van der Waals surface area contributed by atoms with E-state index in [1.54, 1.807) is 36.4 Å². The number of anilines is 1. The van der Waals surface area contributed by atoms with Crippen molar-refractivity contribution in [3.05, 3.63) is 54.1 Å². The topological polar surface area (TPSA) is 61.7 Å². The summed E-state index contributed by atoms with van der Waals surface area (Å²) in [5, 5.41) is 12.1. The third kappa shape index (κ3) is 12.6. The van der Waals surface area contributed by atoms with Crippen molar-refractivity contribution in [2.24, 2.45) is 4.99 Å². The lowest BCUT2D eigenvalue weighted by atomic mass is 10.0. The molecule has 1 amide bonds. The van der Waals surface area contributed by atoms with Crippen molar-refractivity contribution in [1.82, 2.24) is 0 Å². The molecule has 0 aliphatic heterocycles. The summed E-state index contributed by atoms with van der Waals surface area (Å²) < 4.78 is 0. The third-order valence-corrected chi connectivity index (χ3v) is 6.18. The van der Waals surface area contributed by atoms with Gasteiger partial charge in [-0.1, -0.05) is 90.4 Å². The smallest absolute Gasteiger partial charge is 0.255 e. The van der Waals surface area contributed by atoms with Crippen LogP contribution < -0.4 is 5.32 Å². The molecule has 0 aromatic heterocycles. The summed E-state index contributed by atoms with van der Waals surface area (Å²) in [4.78, 5) is 16.8. The molecule has 0 bridgehead atoms. The van der Waals surface area contributed by atoms with Crippen LogP contribution in [0, 0.1) is 0 Å². The highest BCUT2D eigenvalue weighted by Gasteiger charge is 2.05. The molecule has 0 spiro atoms. The van der Waals surface area contributed by atoms with Gasteiger partial charge in [-0.25, -0.2) is 0 Å². The van der Waals surface area contributed by atoms with Gasteiger partial charge in [0.25, 0.3) is 5.91 Å². The molecule has 0 saturated heterocycles. The highest BCUT2D eigenvalue weighted by atomic mass is 16.3. The predicted octanol–water partition coefficient (Wildman–Crippen LogP) is 9.22. The third-order valence-electron chi connectivity index (χ3n) is 6.18. The molecule has 2 N–H and O–H groups in total. The number of rotatable bonds is 18. The molecule has 2 aromatic carbocycles. The van der Waals surface area contributed by atoms with E-state index in [2.05, 4.69) is 17.2 Å². The molecule has 4 heteroatoms. The number of nitrogens with one attached hydrogen (secondary N) is 1. The van der Waals surface area contributed by atoms with Crippen LogP contribution in [0.5, 0.6) is 5.75 Å². The van der Waals surface area contributed by atoms with Crippen LogP contribution in [0.3, 0.4) is 0 Å². The van der Waals surface area contributed by atoms with E-state index in [1.165, 1.54) is 89.9 Å². The van der Waals surface area contributed by atoms with Crippen LogP contribution in [0.1, 0.15) is 114 Å². The number of aliphatic imine (C=N–C) groups is 1. The van der Waals surface area contributed by atoms with Gasteiger partial charge in [0.05, 0.1) is 5.69 Å².